The van der Waals surface area contributed by atoms with Gasteiger partial charge in [-0.3, -0.25) is 4.79 Å². The van der Waals surface area contributed by atoms with Gasteiger partial charge in [0.1, 0.15) is 5.82 Å². The Morgan fingerprint density at radius 3 is 2.39 bits per heavy atom. The number of benzene rings is 2. The Balaban J connectivity index is 1.73. The number of carbonyl (C=O) groups excluding carboxylic acids is 1. The zero-order chi connectivity index (χ0) is 23.4. The molecule has 1 aromatic heterocycles. The van der Waals surface area contributed by atoms with Gasteiger partial charge >= 0.3 is 0 Å². The van der Waals surface area contributed by atoms with E-state index in [4.69, 9.17) is 30.9 Å². The van der Waals surface area contributed by atoms with Crippen molar-refractivity contribution in [1.82, 2.24) is 9.78 Å². The number of anilines is 1. The topological polar surface area (TPSA) is 74.6 Å². The van der Waals surface area contributed by atoms with Crippen LogP contribution >= 0.6 is 23.4 Å². The molecule has 2 heterocycles. The van der Waals surface area contributed by atoms with Crippen LogP contribution in [0.5, 0.6) is 17.2 Å². The zero-order valence-electron chi connectivity index (χ0n) is 18.8. The average Bonchev–Trinajstić information content (AvgIpc) is 3.38. The van der Waals surface area contributed by atoms with Crippen LogP contribution in [0.1, 0.15) is 42.4 Å². The number of aromatic nitrogens is 2. The molecule has 4 rings (SSSR count). The molecule has 174 valence electrons. The van der Waals surface area contributed by atoms with Crippen LogP contribution in [-0.4, -0.2) is 35.5 Å². The third kappa shape index (κ3) is 4.91. The van der Waals surface area contributed by atoms with Gasteiger partial charge in [0.25, 0.3) is 5.91 Å². The molecule has 0 aliphatic carbocycles. The molecule has 0 atom stereocenters. The van der Waals surface area contributed by atoms with E-state index < -0.39 is 0 Å². The van der Waals surface area contributed by atoms with Gasteiger partial charge in [-0.1, -0.05) is 17.7 Å². The van der Waals surface area contributed by atoms with Gasteiger partial charge in [0, 0.05) is 27.7 Å². The number of ether oxygens (including phenoxy) is 3. The van der Waals surface area contributed by atoms with Crippen LogP contribution in [-0.2, 0) is 11.5 Å². The van der Waals surface area contributed by atoms with Crippen molar-refractivity contribution in [2.75, 3.05) is 25.1 Å². The first kappa shape index (κ1) is 23.3. The maximum Gasteiger partial charge on any atom is 0.257 e. The molecule has 0 bridgehead atoms. The smallest absolute Gasteiger partial charge is 0.257 e. The van der Waals surface area contributed by atoms with Crippen LogP contribution in [0.25, 0.3) is 5.69 Å². The number of rotatable bonds is 9. The number of thioether (sulfide) groups is 1. The molecule has 1 aliphatic heterocycles. The molecule has 9 heteroatoms. The molecule has 1 amide bonds. The number of carbonyl (C=O) groups is 1. The van der Waals surface area contributed by atoms with Gasteiger partial charge in [-0.05, 0) is 51.1 Å². The Morgan fingerprint density at radius 1 is 1.06 bits per heavy atom. The van der Waals surface area contributed by atoms with Crippen molar-refractivity contribution in [2.45, 2.75) is 32.3 Å². The summed E-state index contributed by atoms with van der Waals surface area (Å²) in [6.07, 6.45) is 0. The second-order valence-electron chi connectivity index (χ2n) is 7.21. The highest BCUT2D eigenvalue weighted by atomic mass is 35.5. The molecular weight excluding hydrogens is 462 g/mol. The first-order chi connectivity index (χ1) is 16.0. The van der Waals surface area contributed by atoms with Gasteiger partial charge in [0.15, 0.2) is 11.5 Å². The molecule has 3 aromatic rings. The molecule has 2 aromatic carbocycles. The Bertz CT molecular complexity index is 1140. The molecule has 0 spiro atoms. The summed E-state index contributed by atoms with van der Waals surface area (Å²) in [6.45, 7) is 6.97. The van der Waals surface area contributed by atoms with Crippen molar-refractivity contribution < 1.29 is 19.0 Å². The molecule has 0 saturated heterocycles. The van der Waals surface area contributed by atoms with E-state index in [1.165, 1.54) is 0 Å². The lowest BCUT2D eigenvalue weighted by atomic mass is 10.1. The van der Waals surface area contributed by atoms with Crippen molar-refractivity contribution in [2.24, 2.45) is 0 Å². The number of hydrogen-bond donors (Lipinski definition) is 1. The van der Waals surface area contributed by atoms with E-state index in [-0.39, 0.29) is 5.91 Å². The van der Waals surface area contributed by atoms with E-state index in [1.54, 1.807) is 34.6 Å². The molecule has 1 N–H and O–H groups in total. The summed E-state index contributed by atoms with van der Waals surface area (Å²) < 4.78 is 19.0. The number of hydrogen-bond acceptors (Lipinski definition) is 6. The maximum absolute atomic E-state index is 13.4. The molecule has 0 saturated carbocycles. The number of nitrogens with one attached hydrogen (secondary N) is 1. The quantitative estimate of drug-likeness (QED) is 0.416. The standard InChI is InChI=1S/C24H26ClN3O4S/c1-4-30-20-10-15(11-21(31-5-2)22(20)32-6-3)24(29)26-23-18-13-33-14-19(18)27-28(23)17-9-7-8-16(25)12-17/h7-12H,4-6,13-14H2,1-3H3,(H,26,29). The second kappa shape index (κ2) is 10.4. The van der Waals surface area contributed by atoms with Crippen molar-refractivity contribution in [3.63, 3.8) is 0 Å². The van der Waals surface area contributed by atoms with Crippen molar-refractivity contribution in [1.29, 1.82) is 0 Å². The third-order valence-corrected chi connectivity index (χ3v) is 6.21. The van der Waals surface area contributed by atoms with Gasteiger partial charge in [0.2, 0.25) is 5.75 Å². The highest BCUT2D eigenvalue weighted by molar-refractivity contribution is 7.98. The highest BCUT2D eigenvalue weighted by Crippen LogP contribution is 2.40. The van der Waals surface area contributed by atoms with Crippen LogP contribution in [0.3, 0.4) is 0 Å². The normalized spacial score (nSPS) is 12.4. The SMILES string of the molecule is CCOc1cc(C(=O)Nc2c3c(nn2-c2cccc(Cl)c2)CSC3)cc(OCC)c1OCC. The Labute approximate surface area is 202 Å². The van der Waals surface area contributed by atoms with Crippen LogP contribution in [0, 0.1) is 0 Å². The molecule has 0 unspecified atom stereocenters. The molecule has 33 heavy (non-hydrogen) atoms. The molecule has 1 aliphatic rings. The summed E-state index contributed by atoms with van der Waals surface area (Å²) in [5, 5.41) is 8.40. The predicted molar refractivity (Wildman–Crippen MR) is 131 cm³/mol. The van der Waals surface area contributed by atoms with E-state index in [1.807, 2.05) is 39.0 Å². The van der Waals surface area contributed by atoms with Crippen molar-refractivity contribution in [3.8, 4) is 22.9 Å². The molecule has 0 fully saturated rings. The van der Waals surface area contributed by atoms with E-state index >= 15 is 0 Å². The van der Waals surface area contributed by atoms with Crippen LogP contribution in [0.4, 0.5) is 5.82 Å². The number of nitrogens with zero attached hydrogens (tertiary/aromatic N) is 2. The fraction of sp³-hybridized carbons (Fsp3) is 0.333. The minimum absolute atomic E-state index is 0.289. The van der Waals surface area contributed by atoms with Crippen LogP contribution < -0.4 is 19.5 Å². The average molecular weight is 488 g/mol. The minimum atomic E-state index is -0.289. The first-order valence-corrected chi connectivity index (χ1v) is 12.4. The maximum atomic E-state index is 13.4. The molecular formula is C24H26ClN3O4S. The van der Waals surface area contributed by atoms with Gasteiger partial charge < -0.3 is 19.5 Å². The summed E-state index contributed by atoms with van der Waals surface area (Å²) in [7, 11) is 0. The van der Waals surface area contributed by atoms with E-state index in [9.17, 15) is 4.79 Å². The molecule has 0 radical (unpaired) electrons. The number of fused-ring (bicyclic) bond motifs is 1. The summed E-state index contributed by atoms with van der Waals surface area (Å²) >= 11 is 7.98. The number of amides is 1. The van der Waals surface area contributed by atoms with Crippen LogP contribution in [0.2, 0.25) is 5.02 Å². The van der Waals surface area contributed by atoms with Gasteiger partial charge in [-0.15, -0.1) is 0 Å². The molecule has 7 nitrogen and oxygen atoms in total. The predicted octanol–water partition coefficient (Wildman–Crippen LogP) is 5.72. The van der Waals surface area contributed by atoms with Crippen molar-refractivity contribution >= 4 is 35.1 Å². The highest BCUT2D eigenvalue weighted by Gasteiger charge is 2.26. The third-order valence-electron chi connectivity index (χ3n) is 5.01. The van der Waals surface area contributed by atoms with Gasteiger partial charge in [0.05, 0.1) is 31.2 Å². The van der Waals surface area contributed by atoms with E-state index in [2.05, 4.69) is 5.32 Å². The van der Waals surface area contributed by atoms with E-state index in [0.29, 0.717) is 53.5 Å². The van der Waals surface area contributed by atoms with Gasteiger partial charge in [-0.2, -0.15) is 16.9 Å². The monoisotopic (exact) mass is 487 g/mol. The largest absolute Gasteiger partial charge is 0.490 e. The van der Waals surface area contributed by atoms with Crippen LogP contribution in [0.15, 0.2) is 36.4 Å². The summed E-state index contributed by atoms with van der Waals surface area (Å²) in [5.74, 6) is 3.38. The Kier molecular flexibility index (Phi) is 7.35. The number of halogens is 1. The lowest BCUT2D eigenvalue weighted by molar-refractivity contribution is 0.102. The summed E-state index contributed by atoms with van der Waals surface area (Å²) in [6, 6.07) is 10.8. The van der Waals surface area contributed by atoms with E-state index in [0.717, 1.165) is 28.5 Å². The van der Waals surface area contributed by atoms with Gasteiger partial charge in [-0.25, -0.2) is 4.68 Å². The zero-order valence-corrected chi connectivity index (χ0v) is 20.4. The Hall–Kier alpha value is -2.84. The minimum Gasteiger partial charge on any atom is -0.490 e. The fourth-order valence-electron chi connectivity index (χ4n) is 3.64. The summed E-state index contributed by atoms with van der Waals surface area (Å²) in [4.78, 5) is 13.4. The Morgan fingerprint density at radius 2 is 1.76 bits per heavy atom. The lowest BCUT2D eigenvalue weighted by Crippen LogP contribution is -2.17. The first-order valence-electron chi connectivity index (χ1n) is 10.9. The summed E-state index contributed by atoms with van der Waals surface area (Å²) in [5.41, 5.74) is 3.18. The lowest BCUT2D eigenvalue weighted by Gasteiger charge is -2.17. The van der Waals surface area contributed by atoms with Crippen molar-refractivity contribution in [3.05, 3.63) is 58.2 Å². The second-order valence-corrected chi connectivity index (χ2v) is 8.64. The fourth-order valence-corrected chi connectivity index (χ4v) is 4.85.